The van der Waals surface area contributed by atoms with E-state index in [1.165, 1.54) is 0 Å². The zero-order valence-corrected chi connectivity index (χ0v) is 14.5. The minimum absolute atomic E-state index is 0.165. The highest BCUT2D eigenvalue weighted by atomic mass is 16.5. The molecule has 3 aliphatic heterocycles. The van der Waals surface area contributed by atoms with Crippen molar-refractivity contribution in [3.05, 3.63) is 58.7 Å². The Morgan fingerprint density at radius 1 is 1.08 bits per heavy atom. The van der Waals surface area contributed by atoms with Crippen LogP contribution in [0.3, 0.4) is 0 Å². The lowest BCUT2D eigenvalue weighted by Gasteiger charge is -2.36. The summed E-state index contributed by atoms with van der Waals surface area (Å²) in [5.74, 6) is 2.24. The van der Waals surface area contributed by atoms with Crippen molar-refractivity contribution in [1.29, 1.82) is 0 Å². The van der Waals surface area contributed by atoms with Crippen molar-refractivity contribution in [3.63, 3.8) is 0 Å². The Kier molecular flexibility index (Phi) is 2.72. The van der Waals surface area contributed by atoms with Gasteiger partial charge in [0.2, 0.25) is 0 Å². The molecular formula is C21H20O4. The van der Waals surface area contributed by atoms with Crippen LogP contribution in [0.1, 0.15) is 42.2 Å². The Morgan fingerprint density at radius 2 is 1.92 bits per heavy atom. The second-order valence-electron chi connectivity index (χ2n) is 7.68. The summed E-state index contributed by atoms with van der Waals surface area (Å²) in [6.45, 7) is 6.22. The molecule has 0 saturated heterocycles. The van der Waals surface area contributed by atoms with E-state index in [-0.39, 0.29) is 12.2 Å². The van der Waals surface area contributed by atoms with Crippen LogP contribution >= 0.6 is 0 Å². The summed E-state index contributed by atoms with van der Waals surface area (Å²) in [7, 11) is 0. The highest BCUT2D eigenvalue weighted by Gasteiger charge is 2.53. The quantitative estimate of drug-likeness (QED) is 0.793. The van der Waals surface area contributed by atoms with Crippen molar-refractivity contribution in [1.82, 2.24) is 0 Å². The molecule has 5 rings (SSSR count). The number of hydrogen-bond donors (Lipinski definition) is 1. The maximum Gasteiger partial charge on any atom is 0.168 e. The van der Waals surface area contributed by atoms with E-state index in [1.54, 1.807) is 0 Å². The van der Waals surface area contributed by atoms with E-state index in [9.17, 15) is 5.11 Å². The molecule has 2 aromatic rings. The van der Waals surface area contributed by atoms with Crippen molar-refractivity contribution < 1.29 is 19.3 Å². The third-order valence-corrected chi connectivity index (χ3v) is 5.19. The number of aliphatic hydroxyl groups is 1. The summed E-state index contributed by atoms with van der Waals surface area (Å²) in [5.41, 5.74) is 2.22. The Hall–Kier alpha value is -2.46. The fraction of sp³-hybridized carbons (Fsp3) is 0.333. The van der Waals surface area contributed by atoms with E-state index < -0.39 is 11.7 Å². The minimum atomic E-state index is -1.16. The van der Waals surface area contributed by atoms with Crippen molar-refractivity contribution in [3.8, 4) is 17.2 Å². The largest absolute Gasteiger partial charge is 0.489 e. The fourth-order valence-corrected chi connectivity index (χ4v) is 3.86. The molecule has 3 heterocycles. The molecule has 0 unspecified atom stereocenters. The molecule has 0 aromatic heterocycles. The third kappa shape index (κ3) is 2.04. The summed E-state index contributed by atoms with van der Waals surface area (Å²) in [6, 6.07) is 9.80. The van der Waals surface area contributed by atoms with Gasteiger partial charge in [-0.25, -0.2) is 0 Å². The van der Waals surface area contributed by atoms with E-state index in [2.05, 4.69) is 6.08 Å². The van der Waals surface area contributed by atoms with Crippen LogP contribution in [0.15, 0.2) is 36.4 Å². The highest BCUT2D eigenvalue weighted by molar-refractivity contribution is 5.66. The Bertz CT molecular complexity index is 928. The first kappa shape index (κ1) is 14.8. The summed E-state index contributed by atoms with van der Waals surface area (Å²) in [6.07, 6.45) is 3.62. The number of fused-ring (bicyclic) bond motifs is 6. The first-order valence-corrected chi connectivity index (χ1v) is 8.55. The highest BCUT2D eigenvalue weighted by Crippen LogP contribution is 2.54. The van der Waals surface area contributed by atoms with Crippen LogP contribution in [0, 0.1) is 6.92 Å². The van der Waals surface area contributed by atoms with Crippen molar-refractivity contribution in [2.45, 2.75) is 38.1 Å². The van der Waals surface area contributed by atoms with E-state index >= 15 is 0 Å². The van der Waals surface area contributed by atoms with Crippen LogP contribution in [0.2, 0.25) is 0 Å². The van der Waals surface area contributed by atoms with Gasteiger partial charge in [-0.3, -0.25) is 0 Å². The van der Waals surface area contributed by atoms with Gasteiger partial charge < -0.3 is 19.3 Å². The summed E-state index contributed by atoms with van der Waals surface area (Å²) >= 11 is 0. The Balaban J connectivity index is 1.63. The van der Waals surface area contributed by atoms with Crippen LogP contribution in [-0.2, 0) is 5.60 Å². The lowest BCUT2D eigenvalue weighted by molar-refractivity contribution is -0.0864. The molecule has 0 saturated carbocycles. The lowest BCUT2D eigenvalue weighted by atomic mass is 9.84. The molecule has 0 radical (unpaired) electrons. The number of ether oxygens (including phenoxy) is 3. The second kappa shape index (κ2) is 4.58. The van der Waals surface area contributed by atoms with Gasteiger partial charge in [0.25, 0.3) is 0 Å². The normalized spacial score (nSPS) is 27.1. The standard InChI is InChI=1S/C21H20O4/c1-12-4-5-15-18(8-12)24-19-14-9-13-6-7-20(2,3)25-16(13)10-17(14)23-11-21(15,19)22/h4-10,19,22H,11H2,1-3H3/t19-,21+/m0/s1. The Labute approximate surface area is 146 Å². The molecular weight excluding hydrogens is 316 g/mol. The maximum atomic E-state index is 11.3. The summed E-state index contributed by atoms with van der Waals surface area (Å²) < 4.78 is 18.1. The van der Waals surface area contributed by atoms with Crippen LogP contribution in [-0.4, -0.2) is 17.3 Å². The van der Waals surface area contributed by atoms with Crippen LogP contribution in [0.25, 0.3) is 6.08 Å². The fourth-order valence-electron chi connectivity index (χ4n) is 3.86. The van der Waals surface area contributed by atoms with E-state index in [0.717, 1.165) is 33.8 Å². The van der Waals surface area contributed by atoms with Gasteiger partial charge in [-0.1, -0.05) is 18.2 Å². The average molecular weight is 336 g/mol. The predicted octanol–water partition coefficient (Wildman–Crippen LogP) is 3.89. The van der Waals surface area contributed by atoms with Gasteiger partial charge in [-0.15, -0.1) is 0 Å². The summed E-state index contributed by atoms with van der Waals surface area (Å²) in [4.78, 5) is 0. The SMILES string of the molecule is Cc1ccc2c(c1)O[C@H]1c3cc4c(cc3OC[C@@]21O)OC(C)(C)C=C4. The Morgan fingerprint density at radius 3 is 2.76 bits per heavy atom. The zero-order chi connectivity index (χ0) is 17.4. The number of hydrogen-bond acceptors (Lipinski definition) is 4. The van der Waals surface area contributed by atoms with E-state index in [0.29, 0.717) is 5.75 Å². The molecule has 128 valence electrons. The van der Waals surface area contributed by atoms with Crippen molar-refractivity contribution in [2.75, 3.05) is 6.61 Å². The first-order chi connectivity index (χ1) is 11.9. The number of benzene rings is 2. The van der Waals surface area contributed by atoms with E-state index in [1.807, 2.05) is 57.2 Å². The van der Waals surface area contributed by atoms with Gasteiger partial charge in [0.1, 0.15) is 29.5 Å². The molecule has 1 N–H and O–H groups in total. The third-order valence-electron chi connectivity index (χ3n) is 5.19. The van der Waals surface area contributed by atoms with Gasteiger partial charge in [0.15, 0.2) is 11.7 Å². The smallest absolute Gasteiger partial charge is 0.168 e. The first-order valence-electron chi connectivity index (χ1n) is 8.55. The molecule has 2 aromatic carbocycles. The molecule has 0 bridgehead atoms. The molecule has 0 amide bonds. The minimum Gasteiger partial charge on any atom is -0.489 e. The van der Waals surface area contributed by atoms with Crippen molar-refractivity contribution >= 4 is 6.08 Å². The van der Waals surface area contributed by atoms with Gasteiger partial charge >= 0.3 is 0 Å². The molecule has 0 spiro atoms. The summed E-state index contributed by atoms with van der Waals surface area (Å²) in [5, 5.41) is 11.3. The monoisotopic (exact) mass is 336 g/mol. The van der Waals surface area contributed by atoms with Gasteiger partial charge in [0, 0.05) is 22.8 Å². The molecule has 3 aliphatic rings. The van der Waals surface area contributed by atoms with Crippen molar-refractivity contribution in [2.24, 2.45) is 0 Å². The second-order valence-corrected chi connectivity index (χ2v) is 7.68. The average Bonchev–Trinajstić information content (AvgIpc) is 2.85. The zero-order valence-electron chi connectivity index (χ0n) is 14.5. The molecule has 0 fully saturated rings. The molecule has 0 aliphatic carbocycles. The maximum absolute atomic E-state index is 11.3. The molecule has 4 heteroatoms. The number of aryl methyl sites for hydroxylation is 1. The topological polar surface area (TPSA) is 47.9 Å². The molecule has 25 heavy (non-hydrogen) atoms. The molecule has 4 nitrogen and oxygen atoms in total. The van der Waals surface area contributed by atoms with Crippen LogP contribution in [0.5, 0.6) is 17.2 Å². The molecule has 2 atom stereocenters. The van der Waals surface area contributed by atoms with Crippen LogP contribution in [0.4, 0.5) is 0 Å². The lowest BCUT2D eigenvalue weighted by Crippen LogP contribution is -2.41. The van der Waals surface area contributed by atoms with Crippen LogP contribution < -0.4 is 14.2 Å². The number of rotatable bonds is 0. The predicted molar refractivity (Wildman–Crippen MR) is 94.1 cm³/mol. The van der Waals surface area contributed by atoms with E-state index in [4.69, 9.17) is 14.2 Å². The van der Waals surface area contributed by atoms with Gasteiger partial charge in [-0.05, 0) is 44.5 Å². The van der Waals surface area contributed by atoms with Gasteiger partial charge in [-0.2, -0.15) is 0 Å². The van der Waals surface area contributed by atoms with Gasteiger partial charge in [0.05, 0.1) is 0 Å².